The van der Waals surface area contributed by atoms with Crippen molar-refractivity contribution in [2.75, 3.05) is 19.7 Å². The minimum Gasteiger partial charge on any atom is -0.396 e. The van der Waals surface area contributed by atoms with Crippen LogP contribution >= 0.6 is 0 Å². The van der Waals surface area contributed by atoms with Gasteiger partial charge in [0.15, 0.2) is 0 Å². The van der Waals surface area contributed by atoms with E-state index in [-0.39, 0.29) is 36.3 Å². The molecule has 1 rings (SSSR count). The summed E-state index contributed by atoms with van der Waals surface area (Å²) in [6.07, 6.45) is 2.71. The van der Waals surface area contributed by atoms with Crippen molar-refractivity contribution in [1.82, 2.24) is 10.2 Å². The van der Waals surface area contributed by atoms with Gasteiger partial charge in [0.1, 0.15) is 0 Å². The van der Waals surface area contributed by atoms with E-state index in [9.17, 15) is 4.79 Å². The second-order valence-corrected chi connectivity index (χ2v) is 7.43. The number of rotatable bonds is 5. The Morgan fingerprint density at radius 2 is 1.86 bits per heavy atom. The first-order valence-corrected chi connectivity index (χ1v) is 8.03. The Labute approximate surface area is 129 Å². The van der Waals surface area contributed by atoms with Gasteiger partial charge in [0.2, 0.25) is 0 Å². The van der Waals surface area contributed by atoms with E-state index in [1.54, 1.807) is 0 Å². The molecule has 1 aliphatic rings. The summed E-state index contributed by atoms with van der Waals surface area (Å²) in [5.41, 5.74) is 0.0447. The molecule has 2 unspecified atom stereocenters. The monoisotopic (exact) mass is 300 g/mol. The zero-order valence-corrected chi connectivity index (χ0v) is 14.2. The highest BCUT2D eigenvalue weighted by Crippen LogP contribution is 2.20. The van der Waals surface area contributed by atoms with Gasteiger partial charge in [-0.15, -0.1) is 0 Å². The van der Waals surface area contributed by atoms with Gasteiger partial charge in [0.05, 0.1) is 12.2 Å². The van der Waals surface area contributed by atoms with Crippen molar-refractivity contribution in [3.63, 3.8) is 0 Å². The Balaban J connectivity index is 2.58. The van der Waals surface area contributed by atoms with Crippen molar-refractivity contribution in [2.24, 2.45) is 5.41 Å². The highest BCUT2D eigenvalue weighted by molar-refractivity contribution is 5.74. The van der Waals surface area contributed by atoms with Crippen LogP contribution < -0.4 is 5.32 Å². The summed E-state index contributed by atoms with van der Waals surface area (Å²) in [6, 6.07) is 0.150. The normalized spacial score (nSPS) is 26.5. The van der Waals surface area contributed by atoms with Crippen LogP contribution in [0.5, 0.6) is 0 Å². The third kappa shape index (κ3) is 7.14. The zero-order valence-electron chi connectivity index (χ0n) is 14.2. The van der Waals surface area contributed by atoms with Gasteiger partial charge in [-0.2, -0.15) is 0 Å². The fraction of sp³-hybridized carbons (Fsp3) is 0.938. The molecule has 1 fully saturated rings. The predicted molar refractivity (Wildman–Crippen MR) is 84.3 cm³/mol. The van der Waals surface area contributed by atoms with E-state index in [4.69, 9.17) is 9.84 Å². The third-order valence-corrected chi connectivity index (χ3v) is 3.56. The average Bonchev–Trinajstić information content (AvgIpc) is 2.31. The van der Waals surface area contributed by atoms with E-state index < -0.39 is 0 Å². The maximum atomic E-state index is 12.5. The summed E-state index contributed by atoms with van der Waals surface area (Å²) >= 11 is 0. The molecular formula is C16H32N2O3. The van der Waals surface area contributed by atoms with Crippen molar-refractivity contribution in [3.05, 3.63) is 0 Å². The summed E-state index contributed by atoms with van der Waals surface area (Å²) < 4.78 is 5.71. The van der Waals surface area contributed by atoms with Gasteiger partial charge in [0.25, 0.3) is 0 Å². The van der Waals surface area contributed by atoms with Gasteiger partial charge in [-0.3, -0.25) is 0 Å². The second kappa shape index (κ2) is 7.99. The zero-order chi connectivity index (χ0) is 16.0. The lowest BCUT2D eigenvalue weighted by atomic mass is 9.96. The molecule has 0 spiro atoms. The van der Waals surface area contributed by atoms with Gasteiger partial charge < -0.3 is 20.1 Å². The summed E-state index contributed by atoms with van der Waals surface area (Å²) in [5, 5.41) is 12.1. The van der Waals surface area contributed by atoms with Crippen LogP contribution in [0.3, 0.4) is 0 Å². The lowest BCUT2D eigenvalue weighted by Crippen LogP contribution is -2.51. The highest BCUT2D eigenvalue weighted by atomic mass is 16.5. The molecule has 2 amide bonds. The fourth-order valence-electron chi connectivity index (χ4n) is 2.88. The average molecular weight is 300 g/mol. The van der Waals surface area contributed by atoms with Crippen LogP contribution in [0.25, 0.3) is 0 Å². The number of aliphatic hydroxyl groups is 1. The van der Waals surface area contributed by atoms with Crippen LogP contribution in [0.4, 0.5) is 4.79 Å². The quantitative estimate of drug-likeness (QED) is 0.819. The molecule has 2 atom stereocenters. The van der Waals surface area contributed by atoms with Gasteiger partial charge >= 0.3 is 6.03 Å². The number of amides is 2. The van der Waals surface area contributed by atoms with Crippen LogP contribution in [0.1, 0.15) is 53.9 Å². The van der Waals surface area contributed by atoms with E-state index in [1.807, 2.05) is 18.7 Å². The molecule has 0 aromatic rings. The molecule has 5 heteroatoms. The Bertz CT molecular complexity index is 318. The summed E-state index contributed by atoms with van der Waals surface area (Å²) in [4.78, 5) is 14.3. The molecule has 1 heterocycles. The topological polar surface area (TPSA) is 61.8 Å². The first kappa shape index (κ1) is 18.2. The molecule has 0 aliphatic carbocycles. The Kier molecular flexibility index (Phi) is 6.94. The summed E-state index contributed by atoms with van der Waals surface area (Å²) in [7, 11) is 0. The molecule has 0 bridgehead atoms. The molecular weight excluding hydrogens is 268 g/mol. The third-order valence-electron chi connectivity index (χ3n) is 3.56. The van der Waals surface area contributed by atoms with E-state index in [2.05, 4.69) is 26.1 Å². The number of aliphatic hydroxyl groups excluding tert-OH is 1. The Hall–Kier alpha value is -0.810. The van der Waals surface area contributed by atoms with Gasteiger partial charge in [-0.1, -0.05) is 20.8 Å². The number of hydrogen-bond acceptors (Lipinski definition) is 3. The van der Waals surface area contributed by atoms with Crippen LogP contribution in [-0.2, 0) is 4.74 Å². The Morgan fingerprint density at radius 1 is 1.29 bits per heavy atom. The summed E-state index contributed by atoms with van der Waals surface area (Å²) in [6.45, 7) is 11.8. The highest BCUT2D eigenvalue weighted by Gasteiger charge is 2.28. The van der Waals surface area contributed by atoms with Crippen molar-refractivity contribution in [2.45, 2.75) is 72.1 Å². The Morgan fingerprint density at radius 3 is 2.33 bits per heavy atom. The maximum absolute atomic E-state index is 12.5. The number of hydrogen-bond donors (Lipinski definition) is 2. The first-order valence-electron chi connectivity index (χ1n) is 8.03. The van der Waals surface area contributed by atoms with E-state index in [0.29, 0.717) is 19.5 Å². The van der Waals surface area contributed by atoms with Gasteiger partial charge in [-0.05, 0) is 38.5 Å². The minimum atomic E-state index is -0.0234. The second-order valence-electron chi connectivity index (χ2n) is 7.43. The minimum absolute atomic E-state index is 0.0234. The first-order chi connectivity index (χ1) is 9.71. The SMILES string of the molecule is CC1CC(NC(=O)N(CCCO)CC(C)(C)C)CC(C)O1. The van der Waals surface area contributed by atoms with Crippen molar-refractivity contribution in [1.29, 1.82) is 0 Å². The number of nitrogens with zero attached hydrogens (tertiary/aromatic N) is 1. The number of carbonyl (C=O) groups excluding carboxylic acids is 1. The molecule has 1 saturated heterocycles. The smallest absolute Gasteiger partial charge is 0.317 e. The predicted octanol–water partition coefficient (Wildman–Crippen LogP) is 2.38. The number of urea groups is 1. The molecule has 0 radical (unpaired) electrons. The molecule has 1 aliphatic heterocycles. The largest absolute Gasteiger partial charge is 0.396 e. The molecule has 0 aromatic carbocycles. The molecule has 5 nitrogen and oxygen atoms in total. The summed E-state index contributed by atoms with van der Waals surface area (Å²) in [5.74, 6) is 0. The van der Waals surface area contributed by atoms with Crippen LogP contribution in [0, 0.1) is 5.41 Å². The molecule has 21 heavy (non-hydrogen) atoms. The van der Waals surface area contributed by atoms with E-state index >= 15 is 0 Å². The number of carbonyl (C=O) groups is 1. The van der Waals surface area contributed by atoms with Crippen molar-refractivity contribution >= 4 is 6.03 Å². The van der Waals surface area contributed by atoms with Gasteiger partial charge in [-0.25, -0.2) is 4.79 Å². The van der Waals surface area contributed by atoms with Crippen LogP contribution in [0.15, 0.2) is 0 Å². The fourth-order valence-corrected chi connectivity index (χ4v) is 2.88. The van der Waals surface area contributed by atoms with Crippen molar-refractivity contribution < 1.29 is 14.6 Å². The van der Waals surface area contributed by atoms with Gasteiger partial charge in [0, 0.05) is 25.7 Å². The van der Waals surface area contributed by atoms with Crippen LogP contribution in [0.2, 0.25) is 0 Å². The number of nitrogens with one attached hydrogen (secondary N) is 1. The van der Waals surface area contributed by atoms with E-state index in [1.165, 1.54) is 0 Å². The standard InChI is InChI=1S/C16H32N2O3/c1-12-9-14(10-13(2)21-12)17-15(20)18(7-6-8-19)11-16(3,4)5/h12-14,19H,6-11H2,1-5H3,(H,17,20). The van der Waals surface area contributed by atoms with Crippen LogP contribution in [-0.4, -0.2) is 54.0 Å². The van der Waals surface area contributed by atoms with E-state index in [0.717, 1.165) is 12.8 Å². The lowest BCUT2D eigenvalue weighted by Gasteiger charge is -2.35. The lowest BCUT2D eigenvalue weighted by molar-refractivity contribution is -0.0408. The molecule has 124 valence electrons. The molecule has 0 aromatic heterocycles. The molecule has 0 saturated carbocycles. The van der Waals surface area contributed by atoms with Crippen molar-refractivity contribution in [3.8, 4) is 0 Å². The maximum Gasteiger partial charge on any atom is 0.317 e. The molecule has 2 N–H and O–H groups in total. The number of ether oxygens (including phenoxy) is 1.